The predicted octanol–water partition coefficient (Wildman–Crippen LogP) is 12.8. The number of aliphatic imine (C=N–C) groups is 1. The van der Waals surface area contributed by atoms with Crippen LogP contribution < -0.4 is 10.6 Å². The summed E-state index contributed by atoms with van der Waals surface area (Å²) in [7, 11) is 0. The molecule has 3 aromatic heterocycles. The van der Waals surface area contributed by atoms with Gasteiger partial charge in [0.2, 0.25) is 0 Å². The number of rotatable bonds is 4. The standard InChI is InChI=1S/C45H29N3S3/c1-2-11-26(12-3-1)43-46-44(34-18-10-22-38-40(34)33-14-5-7-21-37(33)49-38)48-45(47-43)35-19-9-17-32-30-24-23-27(25-39(30)51-42(32)35)28-15-8-16-31-29-13-4-6-20-36(29)50-41(28)31/h1-25,43-44,46H,(H,47,48). The van der Waals surface area contributed by atoms with E-state index in [9.17, 15) is 0 Å². The molecule has 0 bridgehead atoms. The first-order valence-corrected chi connectivity index (χ1v) is 19.6. The van der Waals surface area contributed by atoms with Gasteiger partial charge in [-0.2, -0.15) is 0 Å². The zero-order chi connectivity index (χ0) is 33.5. The van der Waals surface area contributed by atoms with E-state index < -0.39 is 0 Å². The van der Waals surface area contributed by atoms with Crippen molar-refractivity contribution < 1.29 is 0 Å². The Labute approximate surface area is 306 Å². The second-order valence-electron chi connectivity index (χ2n) is 13.1. The lowest BCUT2D eigenvalue weighted by atomic mass is 10.0. The van der Waals surface area contributed by atoms with Gasteiger partial charge in [-0.05, 0) is 52.6 Å². The first-order chi connectivity index (χ1) is 25.3. The highest BCUT2D eigenvalue weighted by Gasteiger charge is 2.28. The number of benzene rings is 7. The van der Waals surface area contributed by atoms with Crippen molar-refractivity contribution in [2.24, 2.45) is 4.99 Å². The molecule has 0 amide bonds. The summed E-state index contributed by atoms with van der Waals surface area (Å²) >= 11 is 5.61. The first-order valence-electron chi connectivity index (χ1n) is 17.2. The lowest BCUT2D eigenvalue weighted by molar-refractivity contribution is 0.411. The fourth-order valence-corrected chi connectivity index (χ4v) is 11.5. The van der Waals surface area contributed by atoms with Crippen LogP contribution in [-0.4, -0.2) is 5.84 Å². The second kappa shape index (κ2) is 11.6. The molecule has 2 atom stereocenters. The van der Waals surface area contributed by atoms with Crippen LogP contribution in [0.1, 0.15) is 29.0 Å². The van der Waals surface area contributed by atoms with E-state index in [4.69, 9.17) is 4.99 Å². The number of amidine groups is 1. The van der Waals surface area contributed by atoms with Crippen molar-refractivity contribution in [3.63, 3.8) is 0 Å². The Balaban J connectivity index is 1.06. The Morgan fingerprint density at radius 3 is 1.94 bits per heavy atom. The smallest absolute Gasteiger partial charge is 0.133 e. The third-order valence-electron chi connectivity index (χ3n) is 10.2. The molecule has 0 fully saturated rings. The zero-order valence-corrected chi connectivity index (χ0v) is 29.7. The highest BCUT2D eigenvalue weighted by Crippen LogP contribution is 2.44. The van der Waals surface area contributed by atoms with Gasteiger partial charge >= 0.3 is 0 Å². The fraction of sp³-hybridized carbons (Fsp3) is 0.0444. The van der Waals surface area contributed by atoms with Crippen molar-refractivity contribution in [2.45, 2.75) is 12.3 Å². The van der Waals surface area contributed by atoms with Gasteiger partial charge in [-0.1, -0.05) is 121 Å². The molecule has 0 saturated heterocycles. The number of thiophene rings is 3. The molecule has 11 rings (SSSR count). The van der Waals surface area contributed by atoms with Gasteiger partial charge in [0, 0.05) is 66.1 Å². The van der Waals surface area contributed by atoms with Gasteiger partial charge in [0.05, 0.1) is 0 Å². The maximum Gasteiger partial charge on any atom is 0.133 e. The van der Waals surface area contributed by atoms with Gasteiger partial charge in [0.15, 0.2) is 0 Å². The van der Waals surface area contributed by atoms with Gasteiger partial charge in [-0.3, -0.25) is 5.32 Å². The summed E-state index contributed by atoms with van der Waals surface area (Å²) in [6, 6.07) is 55.2. The van der Waals surface area contributed by atoms with Gasteiger partial charge < -0.3 is 5.32 Å². The predicted molar refractivity (Wildman–Crippen MR) is 222 cm³/mol. The quantitative estimate of drug-likeness (QED) is 0.191. The average molecular weight is 708 g/mol. The van der Waals surface area contributed by atoms with Crippen molar-refractivity contribution in [1.29, 1.82) is 0 Å². The fourth-order valence-electron chi connectivity index (χ4n) is 7.83. The Morgan fingerprint density at radius 2 is 1.10 bits per heavy atom. The summed E-state index contributed by atoms with van der Waals surface area (Å²) < 4.78 is 7.82. The summed E-state index contributed by atoms with van der Waals surface area (Å²) in [6.45, 7) is 0. The highest BCUT2D eigenvalue weighted by molar-refractivity contribution is 7.27. The molecule has 7 aromatic carbocycles. The molecule has 0 saturated carbocycles. The Bertz CT molecular complexity index is 3000. The summed E-state index contributed by atoms with van der Waals surface area (Å²) in [5, 5.41) is 15.6. The molecular formula is C45H29N3S3. The molecule has 6 heteroatoms. The minimum Gasteiger partial charge on any atom is -0.350 e. The largest absolute Gasteiger partial charge is 0.350 e. The van der Waals surface area contributed by atoms with E-state index in [-0.39, 0.29) is 12.3 Å². The van der Waals surface area contributed by atoms with Crippen molar-refractivity contribution in [2.75, 3.05) is 0 Å². The molecular weight excluding hydrogens is 679 g/mol. The van der Waals surface area contributed by atoms with E-state index in [0.717, 1.165) is 17.0 Å². The third-order valence-corrected chi connectivity index (χ3v) is 13.8. The SMILES string of the molecule is c1ccc(C2N=C(c3cccc4c3sc3cc(-c5cccc6c5sc5ccccc56)ccc34)NC(c3cccc4sc5ccccc5c34)N2)cc1. The van der Waals surface area contributed by atoms with Crippen LogP contribution >= 0.6 is 34.0 Å². The topological polar surface area (TPSA) is 36.4 Å². The van der Waals surface area contributed by atoms with Crippen molar-refractivity contribution in [3.05, 3.63) is 168 Å². The zero-order valence-electron chi connectivity index (χ0n) is 27.3. The number of hydrogen-bond acceptors (Lipinski definition) is 6. The summed E-state index contributed by atoms with van der Waals surface area (Å²) in [6.07, 6.45) is -0.340. The van der Waals surface area contributed by atoms with Crippen LogP contribution in [0.25, 0.3) is 71.6 Å². The van der Waals surface area contributed by atoms with Crippen LogP contribution in [0.5, 0.6) is 0 Å². The van der Waals surface area contributed by atoms with E-state index >= 15 is 0 Å². The molecule has 10 aromatic rings. The van der Waals surface area contributed by atoms with Gasteiger partial charge in [0.1, 0.15) is 18.2 Å². The maximum absolute atomic E-state index is 5.37. The van der Waals surface area contributed by atoms with Crippen LogP contribution in [0.3, 0.4) is 0 Å². The van der Waals surface area contributed by atoms with Crippen LogP contribution in [0.2, 0.25) is 0 Å². The minimum absolute atomic E-state index is 0.137. The van der Waals surface area contributed by atoms with Crippen LogP contribution in [-0.2, 0) is 0 Å². The Hall–Kier alpha value is -5.37. The van der Waals surface area contributed by atoms with Crippen LogP contribution in [0.15, 0.2) is 157 Å². The van der Waals surface area contributed by atoms with E-state index in [0.29, 0.717) is 0 Å². The average Bonchev–Trinajstić information content (AvgIpc) is 3.89. The normalized spacial score (nSPS) is 16.4. The lowest BCUT2D eigenvalue weighted by Crippen LogP contribution is -2.45. The van der Waals surface area contributed by atoms with E-state index in [1.807, 2.05) is 34.0 Å². The second-order valence-corrected chi connectivity index (χ2v) is 16.3. The van der Waals surface area contributed by atoms with Gasteiger partial charge in [0.25, 0.3) is 0 Å². The van der Waals surface area contributed by atoms with Crippen molar-refractivity contribution in [1.82, 2.24) is 10.6 Å². The lowest BCUT2D eigenvalue weighted by Gasteiger charge is -2.32. The van der Waals surface area contributed by atoms with Gasteiger partial charge in [-0.25, -0.2) is 4.99 Å². The molecule has 242 valence electrons. The maximum atomic E-state index is 5.37. The van der Waals surface area contributed by atoms with Gasteiger partial charge in [-0.15, -0.1) is 34.0 Å². The molecule has 0 aliphatic carbocycles. The molecule has 1 aliphatic rings. The molecule has 4 heterocycles. The molecule has 0 radical (unpaired) electrons. The Kier molecular flexibility index (Phi) is 6.67. The molecule has 0 spiro atoms. The van der Waals surface area contributed by atoms with E-state index in [1.165, 1.54) is 77.2 Å². The molecule has 3 nitrogen and oxygen atoms in total. The Morgan fingerprint density at radius 1 is 0.471 bits per heavy atom. The summed E-state index contributed by atoms with van der Waals surface area (Å²) in [5.74, 6) is 0.913. The number of fused-ring (bicyclic) bond motifs is 9. The number of nitrogens with zero attached hydrogens (tertiary/aromatic N) is 1. The van der Waals surface area contributed by atoms with Crippen molar-refractivity contribution >= 4 is 100 Å². The highest BCUT2D eigenvalue weighted by atomic mass is 32.1. The number of hydrogen-bond donors (Lipinski definition) is 2. The van der Waals surface area contributed by atoms with E-state index in [1.54, 1.807) is 0 Å². The summed E-state index contributed by atoms with van der Waals surface area (Å²) in [4.78, 5) is 5.37. The molecule has 2 N–H and O–H groups in total. The molecule has 51 heavy (non-hydrogen) atoms. The third kappa shape index (κ3) is 4.68. The van der Waals surface area contributed by atoms with Crippen LogP contribution in [0.4, 0.5) is 0 Å². The van der Waals surface area contributed by atoms with Crippen LogP contribution in [0, 0.1) is 0 Å². The van der Waals surface area contributed by atoms with E-state index in [2.05, 4.69) is 162 Å². The minimum atomic E-state index is -0.203. The number of nitrogens with one attached hydrogen (secondary N) is 2. The summed E-state index contributed by atoms with van der Waals surface area (Å²) in [5.41, 5.74) is 6.07. The monoisotopic (exact) mass is 707 g/mol. The van der Waals surface area contributed by atoms with Crippen molar-refractivity contribution in [3.8, 4) is 11.1 Å². The first kappa shape index (κ1) is 29.4. The molecule has 1 aliphatic heterocycles. The molecule has 2 unspecified atom stereocenters.